The average Bonchev–Trinajstić information content (AvgIpc) is 2.33. The molecule has 0 saturated carbocycles. The summed E-state index contributed by atoms with van der Waals surface area (Å²) in [6, 6.07) is 0. The van der Waals surface area contributed by atoms with E-state index in [4.69, 9.17) is 0 Å². The van der Waals surface area contributed by atoms with Crippen LogP contribution in [0.4, 0.5) is 26.3 Å². The van der Waals surface area contributed by atoms with Gasteiger partial charge >= 0.3 is 18.5 Å². The van der Waals surface area contributed by atoms with Crippen LogP contribution in [0.1, 0.15) is 21.5 Å². The van der Waals surface area contributed by atoms with Gasteiger partial charge in [-0.2, -0.15) is 13.2 Å². The molecule has 0 aliphatic carbocycles. The molecule has 1 aromatic rings. The van der Waals surface area contributed by atoms with Gasteiger partial charge in [-0.1, -0.05) is 15.9 Å². The maximum absolute atomic E-state index is 13.0. The van der Waals surface area contributed by atoms with Crippen LogP contribution in [0.2, 0.25) is 0 Å². The highest BCUT2D eigenvalue weighted by Gasteiger charge is 2.43. The zero-order chi connectivity index (χ0) is 16.4. The first kappa shape index (κ1) is 17.5. The summed E-state index contributed by atoms with van der Waals surface area (Å²) in [7, 11) is 0.910. The Balaban J connectivity index is 3.58. The predicted octanol–water partition coefficient (Wildman–Crippen LogP) is 3.68. The second kappa shape index (κ2) is 6.08. The highest BCUT2D eigenvalue weighted by Crippen LogP contribution is 2.41. The SMILES string of the molecule is COC(=O)c1cnc(OC(F)(F)F)c(C(F)(F)F)c1CBr. The van der Waals surface area contributed by atoms with Crippen LogP contribution in [0.3, 0.4) is 0 Å². The number of hydrogen-bond donors (Lipinski definition) is 0. The number of ether oxygens (including phenoxy) is 2. The number of aromatic nitrogens is 1. The van der Waals surface area contributed by atoms with E-state index in [1.165, 1.54) is 0 Å². The van der Waals surface area contributed by atoms with Gasteiger partial charge in [0, 0.05) is 11.5 Å². The third kappa shape index (κ3) is 4.22. The highest BCUT2D eigenvalue weighted by molar-refractivity contribution is 9.08. The third-order valence-corrected chi connectivity index (χ3v) is 2.75. The molecule has 0 aliphatic heterocycles. The number of hydrogen-bond acceptors (Lipinski definition) is 4. The summed E-state index contributed by atoms with van der Waals surface area (Å²) in [5.74, 6) is -2.85. The minimum absolute atomic E-state index is 0.527. The van der Waals surface area contributed by atoms with Crippen molar-refractivity contribution in [2.24, 2.45) is 0 Å². The summed E-state index contributed by atoms with van der Waals surface area (Å²) < 4.78 is 82.8. The van der Waals surface area contributed by atoms with Crippen LogP contribution in [0, 0.1) is 0 Å². The smallest absolute Gasteiger partial charge is 0.465 e. The summed E-state index contributed by atoms with van der Waals surface area (Å²) in [4.78, 5) is 14.3. The molecule has 4 nitrogen and oxygen atoms in total. The van der Waals surface area contributed by atoms with Crippen LogP contribution in [-0.2, 0) is 16.2 Å². The Morgan fingerprint density at radius 2 is 1.86 bits per heavy atom. The van der Waals surface area contributed by atoms with E-state index in [-0.39, 0.29) is 0 Å². The summed E-state index contributed by atoms with van der Waals surface area (Å²) in [5.41, 5.74) is -3.17. The lowest BCUT2D eigenvalue weighted by Gasteiger charge is -2.18. The first-order valence-corrected chi connectivity index (χ1v) is 6.12. The Morgan fingerprint density at radius 3 is 2.24 bits per heavy atom. The standard InChI is InChI=1S/C10H6BrF6NO3/c1-20-8(19)5-3-18-7(21-10(15,16)17)6(4(5)2-11)9(12,13)14/h3H,2H2,1H3. The molecule has 0 unspecified atom stereocenters. The largest absolute Gasteiger partial charge is 0.574 e. The van der Waals surface area contributed by atoms with Crippen LogP contribution in [-0.4, -0.2) is 24.4 Å². The summed E-state index contributed by atoms with van der Waals surface area (Å²) in [6.07, 6.45) is -10.0. The van der Waals surface area contributed by atoms with Crippen molar-refractivity contribution in [3.05, 3.63) is 22.9 Å². The van der Waals surface area contributed by atoms with E-state index >= 15 is 0 Å². The van der Waals surface area contributed by atoms with Crippen molar-refractivity contribution in [3.63, 3.8) is 0 Å². The van der Waals surface area contributed by atoms with Gasteiger partial charge < -0.3 is 9.47 Å². The van der Waals surface area contributed by atoms with Crippen LogP contribution in [0.5, 0.6) is 5.88 Å². The van der Waals surface area contributed by atoms with E-state index < -0.39 is 46.4 Å². The van der Waals surface area contributed by atoms with Crippen molar-refractivity contribution in [2.75, 3.05) is 7.11 Å². The summed E-state index contributed by atoms with van der Waals surface area (Å²) in [6.45, 7) is 0. The Bertz CT molecular complexity index is 543. The lowest BCUT2D eigenvalue weighted by molar-refractivity contribution is -0.277. The third-order valence-electron chi connectivity index (χ3n) is 2.19. The Kier molecular flexibility index (Phi) is 5.07. The van der Waals surface area contributed by atoms with Gasteiger partial charge in [-0.15, -0.1) is 13.2 Å². The molecule has 0 saturated heterocycles. The van der Waals surface area contributed by atoms with Crippen LogP contribution in [0.15, 0.2) is 6.20 Å². The number of esters is 1. The maximum atomic E-state index is 13.0. The summed E-state index contributed by atoms with van der Waals surface area (Å²) >= 11 is 2.69. The normalized spacial score (nSPS) is 12.2. The molecule has 0 aliphatic rings. The number of nitrogens with zero attached hydrogens (tertiary/aromatic N) is 1. The molecule has 11 heteroatoms. The van der Waals surface area contributed by atoms with Crippen molar-refractivity contribution >= 4 is 21.9 Å². The molecule has 1 rings (SSSR count). The molecule has 0 radical (unpaired) electrons. The zero-order valence-electron chi connectivity index (χ0n) is 10.1. The van der Waals surface area contributed by atoms with Gasteiger partial charge in [0.1, 0.15) is 5.56 Å². The van der Waals surface area contributed by atoms with Gasteiger partial charge in [0.15, 0.2) is 0 Å². The number of rotatable bonds is 3. The number of carbonyl (C=O) groups is 1. The van der Waals surface area contributed by atoms with Gasteiger partial charge in [-0.3, -0.25) is 0 Å². The topological polar surface area (TPSA) is 48.4 Å². The molecule has 0 fully saturated rings. The van der Waals surface area contributed by atoms with Crippen LogP contribution in [0.25, 0.3) is 0 Å². The van der Waals surface area contributed by atoms with E-state index in [0.717, 1.165) is 7.11 Å². The second-order valence-corrected chi connectivity index (χ2v) is 4.06. The van der Waals surface area contributed by atoms with Crippen molar-refractivity contribution < 1.29 is 40.6 Å². The molecule has 0 bridgehead atoms. The minimum Gasteiger partial charge on any atom is -0.465 e. The molecule has 118 valence electrons. The van der Waals surface area contributed by atoms with Crippen molar-refractivity contribution in [1.82, 2.24) is 4.98 Å². The molecule has 0 spiro atoms. The average molecular weight is 382 g/mol. The number of carbonyl (C=O) groups excluding carboxylic acids is 1. The van der Waals surface area contributed by atoms with Crippen molar-refractivity contribution in [1.29, 1.82) is 0 Å². The fraction of sp³-hybridized carbons (Fsp3) is 0.400. The monoisotopic (exact) mass is 381 g/mol. The van der Waals surface area contributed by atoms with Crippen LogP contribution < -0.4 is 4.74 Å². The Hall–Kier alpha value is -1.52. The molecule has 1 aromatic heterocycles. The molecule has 21 heavy (non-hydrogen) atoms. The lowest BCUT2D eigenvalue weighted by Crippen LogP contribution is -2.23. The fourth-order valence-corrected chi connectivity index (χ4v) is 2.02. The molecule has 1 heterocycles. The predicted molar refractivity (Wildman–Crippen MR) is 59.9 cm³/mol. The molecular formula is C10H6BrF6NO3. The highest BCUT2D eigenvalue weighted by atomic mass is 79.9. The number of pyridine rings is 1. The van der Waals surface area contributed by atoms with Gasteiger partial charge in [0.2, 0.25) is 5.88 Å². The van der Waals surface area contributed by atoms with E-state index in [1.54, 1.807) is 0 Å². The number of alkyl halides is 7. The maximum Gasteiger partial charge on any atom is 0.574 e. The van der Waals surface area contributed by atoms with E-state index in [0.29, 0.717) is 6.20 Å². The first-order valence-electron chi connectivity index (χ1n) is 5.00. The van der Waals surface area contributed by atoms with Crippen molar-refractivity contribution in [3.8, 4) is 5.88 Å². The molecular weight excluding hydrogens is 376 g/mol. The minimum atomic E-state index is -5.36. The van der Waals surface area contributed by atoms with E-state index in [1.807, 2.05) is 0 Å². The molecule has 0 N–H and O–H groups in total. The van der Waals surface area contributed by atoms with Gasteiger partial charge in [-0.25, -0.2) is 9.78 Å². The van der Waals surface area contributed by atoms with Gasteiger partial charge in [0.25, 0.3) is 0 Å². The van der Waals surface area contributed by atoms with E-state index in [9.17, 15) is 31.1 Å². The lowest BCUT2D eigenvalue weighted by atomic mass is 10.1. The first-order chi connectivity index (χ1) is 9.51. The van der Waals surface area contributed by atoms with Gasteiger partial charge in [0.05, 0.1) is 12.7 Å². The van der Waals surface area contributed by atoms with Gasteiger partial charge in [-0.05, 0) is 5.56 Å². The zero-order valence-corrected chi connectivity index (χ0v) is 11.7. The van der Waals surface area contributed by atoms with E-state index in [2.05, 4.69) is 30.4 Å². The number of methoxy groups -OCH3 is 1. The fourth-order valence-electron chi connectivity index (χ4n) is 1.43. The molecule has 0 atom stereocenters. The number of halogens is 7. The quantitative estimate of drug-likeness (QED) is 0.455. The van der Waals surface area contributed by atoms with Crippen molar-refractivity contribution in [2.45, 2.75) is 17.9 Å². The summed E-state index contributed by atoms with van der Waals surface area (Å²) in [5, 5.41) is -0.553. The second-order valence-electron chi connectivity index (χ2n) is 3.50. The Labute approximate surface area is 122 Å². The Morgan fingerprint density at radius 1 is 1.29 bits per heavy atom. The van der Waals surface area contributed by atoms with Crippen LogP contribution >= 0.6 is 15.9 Å². The molecule has 0 aromatic carbocycles. The molecule has 0 amide bonds.